The van der Waals surface area contributed by atoms with Gasteiger partial charge in [0.05, 0.1) is 12.8 Å². The highest BCUT2D eigenvalue weighted by molar-refractivity contribution is 5.93. The van der Waals surface area contributed by atoms with Crippen molar-refractivity contribution in [2.24, 2.45) is 0 Å². The number of benzene rings is 1. The van der Waals surface area contributed by atoms with E-state index in [9.17, 15) is 4.79 Å². The van der Waals surface area contributed by atoms with Crippen molar-refractivity contribution in [1.82, 2.24) is 15.1 Å². The van der Waals surface area contributed by atoms with Crippen LogP contribution in [0.3, 0.4) is 0 Å². The fraction of sp³-hybridized carbons (Fsp3) is 0.263. The number of carbonyl (C=O) groups is 1. The van der Waals surface area contributed by atoms with Gasteiger partial charge in [0.1, 0.15) is 23.7 Å². The quantitative estimate of drug-likeness (QED) is 0.639. The van der Waals surface area contributed by atoms with E-state index in [1.165, 1.54) is 0 Å². The van der Waals surface area contributed by atoms with Crippen LogP contribution in [0.15, 0.2) is 59.2 Å². The smallest absolute Gasteiger partial charge is 0.269 e. The average molecular weight is 339 g/mol. The van der Waals surface area contributed by atoms with Crippen molar-refractivity contribution >= 4 is 5.91 Å². The lowest BCUT2D eigenvalue weighted by atomic mass is 10.3. The Labute approximate surface area is 146 Å². The SMILES string of the molecule is CCCn1nc(-c2ccco2)cc1C(=O)NCCOc1ccccc1. The maximum absolute atomic E-state index is 12.5. The first-order valence-electron chi connectivity index (χ1n) is 8.35. The molecule has 1 amide bonds. The molecule has 3 aromatic rings. The summed E-state index contributed by atoms with van der Waals surface area (Å²) >= 11 is 0. The standard InChI is InChI=1S/C19H21N3O3/c1-2-11-22-17(14-16(21-22)18-9-6-12-25-18)19(23)20-10-13-24-15-7-4-3-5-8-15/h3-9,12,14H,2,10-11,13H2,1H3,(H,20,23). The van der Waals surface area contributed by atoms with E-state index in [0.717, 1.165) is 12.2 Å². The first-order valence-corrected chi connectivity index (χ1v) is 8.35. The van der Waals surface area contributed by atoms with E-state index >= 15 is 0 Å². The largest absolute Gasteiger partial charge is 0.492 e. The molecule has 2 heterocycles. The summed E-state index contributed by atoms with van der Waals surface area (Å²) in [6, 6.07) is 14.9. The molecule has 1 aromatic carbocycles. The lowest BCUT2D eigenvalue weighted by Gasteiger charge is -2.08. The molecule has 0 spiro atoms. The molecular weight excluding hydrogens is 318 g/mol. The Morgan fingerprint density at radius 1 is 1.24 bits per heavy atom. The predicted molar refractivity (Wildman–Crippen MR) is 94.5 cm³/mol. The second-order valence-electron chi connectivity index (χ2n) is 5.53. The molecule has 0 atom stereocenters. The molecule has 0 radical (unpaired) electrons. The number of hydrogen-bond donors (Lipinski definition) is 1. The Hall–Kier alpha value is -3.02. The van der Waals surface area contributed by atoms with E-state index < -0.39 is 0 Å². The summed E-state index contributed by atoms with van der Waals surface area (Å²) in [5.41, 5.74) is 1.18. The Morgan fingerprint density at radius 3 is 2.80 bits per heavy atom. The van der Waals surface area contributed by atoms with Crippen LogP contribution in [0, 0.1) is 0 Å². The van der Waals surface area contributed by atoms with Gasteiger partial charge in [0, 0.05) is 12.6 Å². The molecule has 0 fully saturated rings. The second kappa shape index (κ2) is 8.19. The van der Waals surface area contributed by atoms with Gasteiger partial charge in [-0.1, -0.05) is 25.1 Å². The molecule has 0 saturated carbocycles. The first-order chi connectivity index (χ1) is 12.3. The van der Waals surface area contributed by atoms with Gasteiger partial charge in [-0.25, -0.2) is 0 Å². The number of nitrogens with zero attached hydrogens (tertiary/aromatic N) is 2. The number of para-hydroxylation sites is 1. The molecule has 6 heteroatoms. The lowest BCUT2D eigenvalue weighted by molar-refractivity contribution is 0.0936. The summed E-state index contributed by atoms with van der Waals surface area (Å²) in [5, 5.41) is 7.34. The van der Waals surface area contributed by atoms with E-state index in [-0.39, 0.29) is 5.91 Å². The zero-order valence-electron chi connectivity index (χ0n) is 14.1. The Balaban J connectivity index is 1.60. The molecular formula is C19H21N3O3. The summed E-state index contributed by atoms with van der Waals surface area (Å²) in [6.07, 6.45) is 2.48. The van der Waals surface area contributed by atoms with Gasteiger partial charge in [-0.15, -0.1) is 0 Å². The van der Waals surface area contributed by atoms with Crippen molar-refractivity contribution in [3.63, 3.8) is 0 Å². The van der Waals surface area contributed by atoms with Crippen LogP contribution in [0.4, 0.5) is 0 Å². The van der Waals surface area contributed by atoms with Gasteiger partial charge < -0.3 is 14.5 Å². The van der Waals surface area contributed by atoms with Gasteiger partial charge in [0.15, 0.2) is 5.76 Å². The highest BCUT2D eigenvalue weighted by Crippen LogP contribution is 2.20. The number of carbonyl (C=O) groups excluding carboxylic acids is 1. The number of aryl methyl sites for hydroxylation is 1. The van der Waals surface area contributed by atoms with Crippen molar-refractivity contribution in [2.75, 3.05) is 13.2 Å². The molecule has 25 heavy (non-hydrogen) atoms. The molecule has 0 unspecified atom stereocenters. The van der Waals surface area contributed by atoms with E-state index in [0.29, 0.717) is 36.8 Å². The van der Waals surface area contributed by atoms with Crippen molar-refractivity contribution < 1.29 is 13.9 Å². The van der Waals surface area contributed by atoms with Crippen LogP contribution in [0.5, 0.6) is 5.75 Å². The lowest BCUT2D eigenvalue weighted by Crippen LogP contribution is -2.30. The molecule has 0 aliphatic rings. The first kappa shape index (κ1) is 16.8. The van der Waals surface area contributed by atoms with Gasteiger partial charge in [0.2, 0.25) is 0 Å². The zero-order chi connectivity index (χ0) is 17.5. The van der Waals surface area contributed by atoms with E-state index in [1.807, 2.05) is 43.3 Å². The van der Waals surface area contributed by atoms with Crippen LogP contribution in [-0.2, 0) is 6.54 Å². The molecule has 2 aromatic heterocycles. The van der Waals surface area contributed by atoms with Crippen LogP contribution in [0.2, 0.25) is 0 Å². The summed E-state index contributed by atoms with van der Waals surface area (Å²) in [5.74, 6) is 1.26. The summed E-state index contributed by atoms with van der Waals surface area (Å²) in [4.78, 5) is 12.5. The third-order valence-corrected chi connectivity index (χ3v) is 3.62. The zero-order valence-corrected chi connectivity index (χ0v) is 14.1. The van der Waals surface area contributed by atoms with Gasteiger partial charge in [-0.2, -0.15) is 5.10 Å². The number of ether oxygens (including phenoxy) is 1. The van der Waals surface area contributed by atoms with Crippen molar-refractivity contribution in [2.45, 2.75) is 19.9 Å². The highest BCUT2D eigenvalue weighted by atomic mass is 16.5. The van der Waals surface area contributed by atoms with E-state index in [2.05, 4.69) is 10.4 Å². The molecule has 0 saturated heterocycles. The maximum Gasteiger partial charge on any atom is 0.269 e. The third kappa shape index (κ3) is 4.29. The fourth-order valence-corrected chi connectivity index (χ4v) is 2.47. The van der Waals surface area contributed by atoms with Gasteiger partial charge in [-0.05, 0) is 30.7 Å². The van der Waals surface area contributed by atoms with Gasteiger partial charge in [-0.3, -0.25) is 9.48 Å². The van der Waals surface area contributed by atoms with Crippen molar-refractivity contribution in [1.29, 1.82) is 0 Å². The summed E-state index contributed by atoms with van der Waals surface area (Å²) in [7, 11) is 0. The number of rotatable bonds is 8. The molecule has 0 aliphatic carbocycles. The normalized spacial score (nSPS) is 10.6. The Bertz CT molecular complexity index is 795. The second-order valence-corrected chi connectivity index (χ2v) is 5.53. The van der Waals surface area contributed by atoms with Crippen LogP contribution in [-0.4, -0.2) is 28.8 Å². The predicted octanol–water partition coefficient (Wildman–Crippen LogP) is 3.36. The molecule has 3 rings (SSSR count). The van der Waals surface area contributed by atoms with Crippen LogP contribution in [0.1, 0.15) is 23.8 Å². The maximum atomic E-state index is 12.5. The minimum absolute atomic E-state index is 0.171. The fourth-order valence-electron chi connectivity index (χ4n) is 2.47. The molecule has 130 valence electrons. The molecule has 0 aliphatic heterocycles. The van der Waals surface area contributed by atoms with E-state index in [4.69, 9.17) is 9.15 Å². The van der Waals surface area contributed by atoms with Gasteiger partial charge in [0.25, 0.3) is 5.91 Å². The van der Waals surface area contributed by atoms with E-state index in [1.54, 1.807) is 23.1 Å². The van der Waals surface area contributed by atoms with Crippen molar-refractivity contribution in [3.05, 3.63) is 60.5 Å². The van der Waals surface area contributed by atoms with Gasteiger partial charge >= 0.3 is 0 Å². The number of amides is 1. The molecule has 1 N–H and O–H groups in total. The number of hydrogen-bond acceptors (Lipinski definition) is 4. The minimum atomic E-state index is -0.171. The van der Waals surface area contributed by atoms with Crippen LogP contribution < -0.4 is 10.1 Å². The Kier molecular flexibility index (Phi) is 5.51. The Morgan fingerprint density at radius 2 is 2.08 bits per heavy atom. The number of aromatic nitrogens is 2. The molecule has 0 bridgehead atoms. The van der Waals surface area contributed by atoms with Crippen LogP contribution >= 0.6 is 0 Å². The molecule has 6 nitrogen and oxygen atoms in total. The van der Waals surface area contributed by atoms with Crippen LogP contribution in [0.25, 0.3) is 11.5 Å². The number of nitrogens with one attached hydrogen (secondary N) is 1. The number of furan rings is 1. The average Bonchev–Trinajstić information content (AvgIpc) is 3.29. The summed E-state index contributed by atoms with van der Waals surface area (Å²) < 4.78 is 12.7. The topological polar surface area (TPSA) is 69.3 Å². The summed E-state index contributed by atoms with van der Waals surface area (Å²) in [6.45, 7) is 3.54. The monoisotopic (exact) mass is 339 g/mol. The third-order valence-electron chi connectivity index (χ3n) is 3.62. The van der Waals surface area contributed by atoms with Crippen molar-refractivity contribution in [3.8, 4) is 17.2 Å². The highest BCUT2D eigenvalue weighted by Gasteiger charge is 2.16. The minimum Gasteiger partial charge on any atom is -0.492 e.